The molecule has 0 bridgehead atoms. The fraction of sp³-hybridized carbons (Fsp3) is 0.400. The molecule has 138 valence electrons. The highest BCUT2D eigenvalue weighted by atomic mass is 19.4. The summed E-state index contributed by atoms with van der Waals surface area (Å²) in [6.45, 7) is -0.265. The number of carbonyl (C=O) groups is 2. The lowest BCUT2D eigenvalue weighted by Gasteiger charge is -2.24. The molecule has 3 rings (SSSR count). The van der Waals surface area contributed by atoms with E-state index in [1.165, 1.54) is 6.20 Å². The third-order valence-corrected chi connectivity index (χ3v) is 3.85. The first-order valence-electron chi connectivity index (χ1n) is 7.74. The first-order chi connectivity index (χ1) is 12.4. The maximum absolute atomic E-state index is 12.6. The minimum absolute atomic E-state index is 0.0869. The molecular formula is C15H14F3N5O3. The Hall–Kier alpha value is -2.98. The van der Waals surface area contributed by atoms with E-state index in [1.54, 1.807) is 18.3 Å². The molecule has 11 heteroatoms. The Morgan fingerprint density at radius 1 is 1.35 bits per heavy atom. The molecule has 0 aromatic carbocycles. The van der Waals surface area contributed by atoms with Crippen LogP contribution in [0.2, 0.25) is 0 Å². The number of pyridine rings is 1. The number of amides is 2. The van der Waals surface area contributed by atoms with Crippen LogP contribution in [0.15, 0.2) is 28.9 Å². The summed E-state index contributed by atoms with van der Waals surface area (Å²) >= 11 is 0. The van der Waals surface area contributed by atoms with Crippen molar-refractivity contribution in [3.8, 4) is 11.5 Å². The van der Waals surface area contributed by atoms with E-state index < -0.39 is 24.0 Å². The Kier molecular flexibility index (Phi) is 4.87. The number of nitrogens with zero attached hydrogens (tertiary/aromatic N) is 4. The maximum atomic E-state index is 12.6. The van der Waals surface area contributed by atoms with E-state index in [0.717, 1.165) is 0 Å². The van der Waals surface area contributed by atoms with Crippen molar-refractivity contribution in [2.75, 3.05) is 6.54 Å². The summed E-state index contributed by atoms with van der Waals surface area (Å²) in [7, 11) is 0. The van der Waals surface area contributed by atoms with E-state index in [4.69, 9.17) is 4.42 Å². The van der Waals surface area contributed by atoms with Crippen molar-refractivity contribution < 1.29 is 27.2 Å². The van der Waals surface area contributed by atoms with Crippen LogP contribution in [0, 0.1) is 0 Å². The van der Waals surface area contributed by atoms with Gasteiger partial charge in [-0.15, -0.1) is 10.2 Å². The van der Waals surface area contributed by atoms with Crippen molar-refractivity contribution in [2.24, 2.45) is 0 Å². The van der Waals surface area contributed by atoms with E-state index >= 15 is 0 Å². The molecule has 1 N–H and O–H groups in total. The first-order valence-corrected chi connectivity index (χ1v) is 7.74. The van der Waals surface area contributed by atoms with Crippen LogP contribution in [0.3, 0.4) is 0 Å². The van der Waals surface area contributed by atoms with Gasteiger partial charge in [-0.3, -0.25) is 14.6 Å². The van der Waals surface area contributed by atoms with Gasteiger partial charge in [0.1, 0.15) is 6.04 Å². The van der Waals surface area contributed by atoms with Crippen molar-refractivity contribution in [3.63, 3.8) is 0 Å². The third kappa shape index (κ3) is 3.81. The zero-order valence-electron chi connectivity index (χ0n) is 13.4. The summed E-state index contributed by atoms with van der Waals surface area (Å²) in [6.07, 6.45) is -1.41. The number of nitrogens with one attached hydrogen (secondary N) is 1. The number of carbonyl (C=O) groups excluding carboxylic acids is 2. The fourth-order valence-corrected chi connectivity index (χ4v) is 2.66. The summed E-state index contributed by atoms with van der Waals surface area (Å²) in [4.78, 5) is 28.0. The smallest absolute Gasteiger partial charge is 0.419 e. The normalized spacial score (nSPS) is 17.3. The lowest BCUT2D eigenvalue weighted by atomic mass is 10.2. The molecular weight excluding hydrogens is 355 g/mol. The lowest BCUT2D eigenvalue weighted by Crippen LogP contribution is -2.50. The molecule has 8 nitrogen and oxygen atoms in total. The summed E-state index contributed by atoms with van der Waals surface area (Å²) < 4.78 is 43.1. The highest BCUT2D eigenvalue weighted by molar-refractivity contribution is 5.90. The van der Waals surface area contributed by atoms with Crippen LogP contribution >= 0.6 is 0 Å². The molecule has 2 amide bonds. The molecule has 2 aromatic rings. The van der Waals surface area contributed by atoms with Crippen molar-refractivity contribution >= 4 is 11.8 Å². The van der Waals surface area contributed by atoms with Gasteiger partial charge < -0.3 is 14.6 Å². The van der Waals surface area contributed by atoms with Crippen LogP contribution < -0.4 is 5.32 Å². The minimum Gasteiger partial charge on any atom is -0.419 e. The van der Waals surface area contributed by atoms with Gasteiger partial charge in [-0.2, -0.15) is 13.2 Å². The molecule has 2 aromatic heterocycles. The van der Waals surface area contributed by atoms with E-state index in [0.29, 0.717) is 16.9 Å². The summed E-state index contributed by atoms with van der Waals surface area (Å²) in [5.41, 5.74) is 0.593. The number of hydrogen-bond donors (Lipinski definition) is 1. The van der Waals surface area contributed by atoms with Gasteiger partial charge in [-0.25, -0.2) is 0 Å². The second-order valence-electron chi connectivity index (χ2n) is 5.61. The minimum atomic E-state index is -5.01. The van der Waals surface area contributed by atoms with Gasteiger partial charge in [0.2, 0.25) is 17.7 Å². The lowest BCUT2D eigenvalue weighted by molar-refractivity contribution is -0.186. The fourth-order valence-electron chi connectivity index (χ4n) is 2.66. The van der Waals surface area contributed by atoms with Gasteiger partial charge in [-0.05, 0) is 25.0 Å². The average Bonchev–Trinajstić information content (AvgIpc) is 3.28. The highest BCUT2D eigenvalue weighted by Gasteiger charge is 2.47. The van der Waals surface area contributed by atoms with Crippen molar-refractivity contribution in [2.45, 2.75) is 31.6 Å². The number of alkyl halides is 3. The third-order valence-electron chi connectivity index (χ3n) is 3.85. The van der Waals surface area contributed by atoms with Gasteiger partial charge in [0, 0.05) is 18.9 Å². The van der Waals surface area contributed by atoms with Gasteiger partial charge in [-0.1, -0.05) is 0 Å². The largest absolute Gasteiger partial charge is 0.471 e. The zero-order chi connectivity index (χ0) is 18.7. The van der Waals surface area contributed by atoms with Gasteiger partial charge in [0.25, 0.3) is 0 Å². The molecule has 1 aliphatic heterocycles. The summed E-state index contributed by atoms with van der Waals surface area (Å²) in [6, 6.07) is 2.24. The molecule has 3 heterocycles. The average molecular weight is 369 g/mol. The van der Waals surface area contributed by atoms with E-state index in [-0.39, 0.29) is 31.3 Å². The Balaban J connectivity index is 1.60. The Labute approximate surface area is 145 Å². The van der Waals surface area contributed by atoms with Crippen molar-refractivity contribution in [1.29, 1.82) is 0 Å². The number of likely N-dealkylation sites (tertiary alicyclic amines) is 1. The Morgan fingerprint density at radius 2 is 2.15 bits per heavy atom. The quantitative estimate of drug-likeness (QED) is 0.872. The Morgan fingerprint density at radius 3 is 2.85 bits per heavy atom. The van der Waals surface area contributed by atoms with Crippen LogP contribution in [0.1, 0.15) is 18.7 Å². The standard InChI is InChI=1S/C15H14F3N5O3/c16-15(17,18)14(25)23-6-2-4-10(23)12(24)20-8-11-21-22-13(26-11)9-3-1-5-19-7-9/h1,3,5,7,10H,2,4,6,8H2,(H,20,24). The number of aromatic nitrogens is 3. The number of hydrogen-bond acceptors (Lipinski definition) is 6. The van der Waals surface area contributed by atoms with Gasteiger partial charge >= 0.3 is 12.1 Å². The van der Waals surface area contributed by atoms with Crippen LogP contribution in [0.4, 0.5) is 13.2 Å². The van der Waals surface area contributed by atoms with Gasteiger partial charge in [0.15, 0.2) is 0 Å². The van der Waals surface area contributed by atoms with Crippen molar-refractivity contribution in [3.05, 3.63) is 30.4 Å². The number of halogens is 3. The predicted molar refractivity (Wildman–Crippen MR) is 80.2 cm³/mol. The molecule has 0 radical (unpaired) electrons. The molecule has 1 saturated heterocycles. The van der Waals surface area contributed by atoms with Crippen LogP contribution in [-0.4, -0.2) is 50.7 Å². The molecule has 1 atom stereocenters. The van der Waals surface area contributed by atoms with Crippen molar-refractivity contribution in [1.82, 2.24) is 25.4 Å². The van der Waals surface area contributed by atoms with E-state index in [9.17, 15) is 22.8 Å². The SMILES string of the molecule is O=C(NCc1nnc(-c2cccnc2)o1)C1CCCN1C(=O)C(F)(F)F. The Bertz CT molecular complexity index is 793. The van der Waals surface area contributed by atoms with Crippen LogP contribution in [-0.2, 0) is 16.1 Å². The molecule has 1 fully saturated rings. The molecule has 0 spiro atoms. The maximum Gasteiger partial charge on any atom is 0.471 e. The number of rotatable bonds is 4. The van der Waals surface area contributed by atoms with Crippen LogP contribution in [0.5, 0.6) is 0 Å². The second-order valence-corrected chi connectivity index (χ2v) is 5.61. The monoisotopic (exact) mass is 369 g/mol. The highest BCUT2D eigenvalue weighted by Crippen LogP contribution is 2.25. The van der Waals surface area contributed by atoms with Gasteiger partial charge in [0.05, 0.1) is 12.1 Å². The summed E-state index contributed by atoms with van der Waals surface area (Å²) in [5, 5.41) is 10.0. The second kappa shape index (κ2) is 7.10. The first kappa shape index (κ1) is 17.8. The zero-order valence-corrected chi connectivity index (χ0v) is 13.4. The summed E-state index contributed by atoms with van der Waals surface area (Å²) in [5.74, 6) is -2.41. The topological polar surface area (TPSA) is 101 Å². The molecule has 1 aliphatic rings. The molecule has 26 heavy (non-hydrogen) atoms. The van der Waals surface area contributed by atoms with E-state index in [1.807, 2.05) is 0 Å². The molecule has 0 aliphatic carbocycles. The predicted octanol–water partition coefficient (Wildman–Crippen LogP) is 1.30. The molecule has 1 unspecified atom stereocenters. The van der Waals surface area contributed by atoms with Crippen LogP contribution in [0.25, 0.3) is 11.5 Å². The molecule has 0 saturated carbocycles. The van der Waals surface area contributed by atoms with E-state index in [2.05, 4.69) is 20.5 Å².